The van der Waals surface area contributed by atoms with Crippen LogP contribution in [0.15, 0.2) is 21.2 Å². The largest absolute Gasteiger partial charge is 0.452 e. The van der Waals surface area contributed by atoms with Crippen molar-refractivity contribution in [1.82, 2.24) is 4.90 Å². The molecule has 0 saturated heterocycles. The molecule has 4 nitrogen and oxygen atoms in total. The van der Waals surface area contributed by atoms with E-state index in [2.05, 4.69) is 15.9 Å². The van der Waals surface area contributed by atoms with Gasteiger partial charge in [-0.3, -0.25) is 4.79 Å². The molecule has 1 aromatic rings. The molecule has 0 unspecified atom stereocenters. The van der Waals surface area contributed by atoms with E-state index < -0.39 is 0 Å². The van der Waals surface area contributed by atoms with Gasteiger partial charge in [0, 0.05) is 13.5 Å². The Labute approximate surface area is 128 Å². The minimum atomic E-state index is 0.0212. The molecule has 1 amide bonds. The Morgan fingerprint density at radius 1 is 1.40 bits per heavy atom. The van der Waals surface area contributed by atoms with E-state index in [1.165, 1.54) is 19.3 Å². The number of amides is 1. The van der Waals surface area contributed by atoms with Crippen molar-refractivity contribution in [3.05, 3.63) is 22.6 Å². The summed E-state index contributed by atoms with van der Waals surface area (Å²) in [6.07, 6.45) is 6.37. The zero-order chi connectivity index (χ0) is 14.6. The Kier molecular flexibility index (Phi) is 5.27. The summed E-state index contributed by atoms with van der Waals surface area (Å²) in [6.45, 7) is 1.12. The molecule has 1 saturated carbocycles. The Bertz CT molecular complexity index is 452. The van der Waals surface area contributed by atoms with Gasteiger partial charge < -0.3 is 15.1 Å². The topological polar surface area (TPSA) is 59.5 Å². The lowest BCUT2D eigenvalue weighted by Crippen LogP contribution is -2.39. The molecule has 0 spiro atoms. The molecule has 5 heteroatoms. The Balaban J connectivity index is 1.92. The molecule has 0 bridgehead atoms. The smallest absolute Gasteiger partial charge is 0.223 e. The first-order valence-electron chi connectivity index (χ1n) is 7.23. The molecule has 0 atom stereocenters. The van der Waals surface area contributed by atoms with Gasteiger partial charge in [0.25, 0.3) is 0 Å². The minimum Gasteiger partial charge on any atom is -0.452 e. The van der Waals surface area contributed by atoms with E-state index in [1.807, 2.05) is 19.2 Å². The van der Waals surface area contributed by atoms with Crippen LogP contribution in [0, 0.1) is 5.41 Å². The molecule has 0 aromatic carbocycles. The van der Waals surface area contributed by atoms with Crippen molar-refractivity contribution in [2.45, 2.75) is 45.1 Å². The highest BCUT2D eigenvalue weighted by atomic mass is 79.9. The average molecular weight is 343 g/mol. The molecule has 1 aliphatic rings. The first-order valence-corrected chi connectivity index (χ1v) is 8.02. The summed E-state index contributed by atoms with van der Waals surface area (Å²) in [5.41, 5.74) is 5.97. The van der Waals surface area contributed by atoms with Crippen molar-refractivity contribution >= 4 is 21.8 Å². The lowest BCUT2D eigenvalue weighted by Gasteiger charge is -2.36. The van der Waals surface area contributed by atoms with E-state index >= 15 is 0 Å². The van der Waals surface area contributed by atoms with Crippen molar-refractivity contribution in [2.24, 2.45) is 11.1 Å². The number of halogens is 1. The first-order chi connectivity index (χ1) is 9.54. The number of nitrogens with two attached hydrogens (primary N) is 1. The second-order valence-electron chi connectivity index (χ2n) is 5.90. The third-order valence-corrected chi connectivity index (χ3v) is 4.75. The summed E-state index contributed by atoms with van der Waals surface area (Å²) < 4.78 is 6.14. The van der Waals surface area contributed by atoms with Gasteiger partial charge >= 0.3 is 0 Å². The van der Waals surface area contributed by atoms with Crippen LogP contribution in [-0.2, 0) is 11.3 Å². The number of hydrogen-bond acceptors (Lipinski definition) is 3. The Morgan fingerprint density at radius 3 is 2.65 bits per heavy atom. The zero-order valence-corrected chi connectivity index (χ0v) is 13.6. The minimum absolute atomic E-state index is 0.0212. The molecular formula is C15H23BrN2O2. The summed E-state index contributed by atoms with van der Waals surface area (Å²) >= 11 is 3.27. The molecule has 112 valence electrons. The molecule has 0 radical (unpaired) electrons. The van der Waals surface area contributed by atoms with Crippen LogP contribution in [0.3, 0.4) is 0 Å². The van der Waals surface area contributed by atoms with Crippen molar-refractivity contribution in [1.29, 1.82) is 0 Å². The maximum Gasteiger partial charge on any atom is 0.223 e. The van der Waals surface area contributed by atoms with Crippen molar-refractivity contribution in [3.63, 3.8) is 0 Å². The van der Waals surface area contributed by atoms with Crippen LogP contribution in [0.25, 0.3) is 0 Å². The van der Waals surface area contributed by atoms with Crippen LogP contribution in [-0.4, -0.2) is 24.4 Å². The molecule has 0 aliphatic heterocycles. The summed E-state index contributed by atoms with van der Waals surface area (Å²) in [5.74, 6) is 0.947. The standard InChI is InChI=1S/C15H23BrN2O2/c1-18(10-12-5-6-13(16)20-12)14(19)9-15(11-17)7-3-2-4-8-15/h5-6H,2-4,7-11,17H2,1H3. The lowest BCUT2D eigenvalue weighted by molar-refractivity contribution is -0.133. The first kappa shape index (κ1) is 15.6. The zero-order valence-electron chi connectivity index (χ0n) is 12.0. The molecule has 1 heterocycles. The van der Waals surface area contributed by atoms with Gasteiger partial charge in [0.15, 0.2) is 4.67 Å². The second kappa shape index (κ2) is 6.76. The van der Waals surface area contributed by atoms with Gasteiger partial charge in [-0.15, -0.1) is 0 Å². The van der Waals surface area contributed by atoms with Gasteiger partial charge in [0.2, 0.25) is 5.91 Å². The number of carbonyl (C=O) groups is 1. The van der Waals surface area contributed by atoms with Crippen molar-refractivity contribution in [2.75, 3.05) is 13.6 Å². The van der Waals surface area contributed by atoms with Gasteiger partial charge in [-0.25, -0.2) is 0 Å². The molecular weight excluding hydrogens is 320 g/mol. The van der Waals surface area contributed by atoms with E-state index in [0.29, 0.717) is 24.2 Å². The maximum absolute atomic E-state index is 12.4. The lowest BCUT2D eigenvalue weighted by atomic mass is 9.71. The highest BCUT2D eigenvalue weighted by molar-refractivity contribution is 9.10. The predicted octanol–water partition coefficient (Wildman–Crippen LogP) is 3.30. The van der Waals surface area contributed by atoms with Gasteiger partial charge in [-0.2, -0.15) is 0 Å². The second-order valence-corrected chi connectivity index (χ2v) is 6.68. The average Bonchev–Trinajstić information content (AvgIpc) is 2.85. The van der Waals surface area contributed by atoms with Gasteiger partial charge in [-0.1, -0.05) is 19.3 Å². The van der Waals surface area contributed by atoms with Gasteiger partial charge in [-0.05, 0) is 52.9 Å². The number of nitrogens with zero attached hydrogens (tertiary/aromatic N) is 1. The highest BCUT2D eigenvalue weighted by Crippen LogP contribution is 2.38. The Hall–Kier alpha value is -0.810. The number of carbonyl (C=O) groups excluding carboxylic acids is 1. The fourth-order valence-corrected chi connectivity index (χ4v) is 3.31. The predicted molar refractivity (Wildman–Crippen MR) is 82.1 cm³/mol. The number of hydrogen-bond donors (Lipinski definition) is 1. The monoisotopic (exact) mass is 342 g/mol. The third kappa shape index (κ3) is 3.85. The summed E-state index contributed by atoms with van der Waals surface area (Å²) in [5, 5.41) is 0. The van der Waals surface area contributed by atoms with Crippen molar-refractivity contribution < 1.29 is 9.21 Å². The van der Waals surface area contributed by atoms with E-state index in [4.69, 9.17) is 10.2 Å². The summed E-state index contributed by atoms with van der Waals surface area (Å²) in [6, 6.07) is 3.73. The van der Waals surface area contributed by atoms with E-state index in [0.717, 1.165) is 18.6 Å². The normalized spacial score (nSPS) is 17.9. The van der Waals surface area contributed by atoms with E-state index in [1.54, 1.807) is 4.90 Å². The fourth-order valence-electron chi connectivity index (χ4n) is 2.97. The highest BCUT2D eigenvalue weighted by Gasteiger charge is 2.33. The van der Waals surface area contributed by atoms with Crippen LogP contribution in [0.1, 0.15) is 44.3 Å². The summed E-state index contributed by atoms with van der Waals surface area (Å²) in [7, 11) is 1.83. The Morgan fingerprint density at radius 2 is 2.10 bits per heavy atom. The summed E-state index contributed by atoms with van der Waals surface area (Å²) in [4.78, 5) is 14.1. The van der Waals surface area contributed by atoms with Crippen LogP contribution in [0.4, 0.5) is 0 Å². The molecule has 1 aliphatic carbocycles. The number of furan rings is 1. The molecule has 1 aromatic heterocycles. The maximum atomic E-state index is 12.4. The SMILES string of the molecule is CN(Cc1ccc(Br)o1)C(=O)CC1(CN)CCCCC1. The van der Waals surface area contributed by atoms with E-state index in [-0.39, 0.29) is 11.3 Å². The molecule has 1 fully saturated rings. The molecule has 2 N–H and O–H groups in total. The van der Waals surface area contributed by atoms with Gasteiger partial charge in [0.1, 0.15) is 5.76 Å². The van der Waals surface area contributed by atoms with Crippen LogP contribution in [0.5, 0.6) is 0 Å². The fraction of sp³-hybridized carbons (Fsp3) is 0.667. The molecule has 20 heavy (non-hydrogen) atoms. The van der Waals surface area contributed by atoms with Crippen LogP contribution < -0.4 is 5.73 Å². The van der Waals surface area contributed by atoms with Crippen LogP contribution in [0.2, 0.25) is 0 Å². The third-order valence-electron chi connectivity index (χ3n) is 4.32. The van der Waals surface area contributed by atoms with Crippen LogP contribution >= 0.6 is 15.9 Å². The molecule has 2 rings (SSSR count). The van der Waals surface area contributed by atoms with Gasteiger partial charge in [0.05, 0.1) is 6.54 Å². The van der Waals surface area contributed by atoms with Crippen molar-refractivity contribution in [3.8, 4) is 0 Å². The number of rotatable bonds is 5. The van der Waals surface area contributed by atoms with E-state index in [9.17, 15) is 4.79 Å². The quantitative estimate of drug-likeness (QED) is 0.892.